The Morgan fingerprint density at radius 2 is 0.896 bits per heavy atom. The van der Waals surface area contributed by atoms with E-state index >= 15 is 0 Å². The standard InChI is InChI=1S/C50H65N9O7S.C29H40N4O6S.C21H27N5O2/c1-32-46(67-31-54-32)35-16-14-33(15-17-35)24-51-48(65)41-22-39(61)29-59(41)49(66)47(50(2,3)4)56-44(63)12-6-5-7-13-45(64)58-26-37(27-58)55-43-23-40(52-30-53-43)42(62)19-18-38(60)28-57-21-20-34-10-8-9-11-36(34)25-57;1-18-25(40-17-31-18)20-12-10-19(11-13-20)15-30-27(38)22-14-21(34)16-33(22)28(39)26(29(2,3)4)32-23(35)8-6-5-7-9-24(36)37;27-18(13-26-8-7-15-3-1-2-4-16(15)12-26)5-6-20(28)19-9-21(24-14-23-19)25-17-10-22-11-17/h8-11,14-17,23,30-31,37-39,41,47,60-61H,5-7,12-13,18-22,24-29H2,1-4H3,(H,51,65)(H,56,63)(H,52,53,55);10-13,17,21-22,26,34H,5-9,14-16H2,1-4H3,(H,30,38)(H,32,35)(H,36,37);1-4,9,14,17-18,22,27H,5-8,10-13H2,(H,23,24,25)/t38-,39+,41-,47+;21-,22+,26-;18-/m010/s1. The van der Waals surface area contributed by atoms with Gasteiger partial charge >= 0.3 is 5.97 Å². The van der Waals surface area contributed by atoms with Crippen LogP contribution in [-0.4, -0.2) is 265 Å². The van der Waals surface area contributed by atoms with Gasteiger partial charge in [-0.3, -0.25) is 57.7 Å². The van der Waals surface area contributed by atoms with E-state index in [4.69, 9.17) is 5.11 Å². The first-order chi connectivity index (χ1) is 64.6. The molecule has 7 amide bonds. The number of benzene rings is 4. The highest BCUT2D eigenvalue weighted by Crippen LogP contribution is 2.33. The van der Waals surface area contributed by atoms with Crippen LogP contribution < -0.4 is 37.2 Å². The second-order valence-electron chi connectivity index (χ2n) is 38.4. The van der Waals surface area contributed by atoms with Crippen molar-refractivity contribution in [2.24, 2.45) is 10.8 Å². The van der Waals surface area contributed by atoms with Crippen molar-refractivity contribution in [1.82, 2.24) is 81.0 Å². The fourth-order valence-corrected chi connectivity index (χ4v) is 19.1. The van der Waals surface area contributed by atoms with Crippen molar-refractivity contribution in [3.8, 4) is 20.9 Å². The number of likely N-dealkylation sites (tertiary alicyclic amines) is 3. The Labute approximate surface area is 797 Å². The minimum atomic E-state index is -0.916. The predicted octanol–water partition coefficient (Wildman–Crippen LogP) is 9.18. The number of carboxylic acid groups (broad SMARTS) is 1. The van der Waals surface area contributed by atoms with Crippen molar-refractivity contribution in [3.63, 3.8) is 0 Å². The van der Waals surface area contributed by atoms with E-state index in [1.54, 1.807) is 39.7 Å². The Bertz CT molecular complexity index is 5350. The number of aromatic nitrogens is 6. The number of unbranched alkanes of at least 4 members (excludes halogenated alkanes) is 4. The van der Waals surface area contributed by atoms with Crippen molar-refractivity contribution in [2.45, 2.75) is 258 Å². The summed E-state index contributed by atoms with van der Waals surface area (Å²) in [4.78, 5) is 166. The number of hydrogen-bond donors (Lipinski definition) is 12. The number of thiazole rings is 2. The first-order valence-electron chi connectivity index (χ1n) is 47.1. The number of carboxylic acids is 1. The third-order valence-electron chi connectivity index (χ3n) is 25.4. The van der Waals surface area contributed by atoms with Gasteiger partial charge in [0.2, 0.25) is 41.4 Å². The van der Waals surface area contributed by atoms with E-state index in [1.807, 2.05) is 121 Å². The van der Waals surface area contributed by atoms with E-state index in [2.05, 4.69) is 119 Å². The maximum Gasteiger partial charge on any atom is 0.303 e. The number of nitrogens with zero attached hydrogens (tertiary/aromatic N) is 11. The molecule has 35 heteroatoms. The number of ketones is 2. The molecule has 8 atom stereocenters. The van der Waals surface area contributed by atoms with Crippen molar-refractivity contribution in [1.29, 1.82) is 0 Å². The second-order valence-corrected chi connectivity index (χ2v) is 40.1. The van der Waals surface area contributed by atoms with Crippen LogP contribution in [0.25, 0.3) is 20.9 Å². The molecule has 0 saturated carbocycles. The van der Waals surface area contributed by atoms with Crippen molar-refractivity contribution in [3.05, 3.63) is 189 Å². The SMILES string of the molecule is Cc1ncsc1-c1ccc(CNC(=O)[C@@H]2C[C@@H](O)CN2C(=O)[C@@H](NC(=O)CCCCCC(=O)N2CC(Nc3cc(C(=O)CC[C@H](O)CN4CCc5ccccc5C4)ncn3)C2)C(C)(C)C)cc1.Cc1ncsc1-c1ccc(CNC(=O)[C@@H]2C[C@@H](O)CN2C(=O)[C@@H](NC(=O)CCCCCC(=O)O)C(C)(C)C)cc1.O=C(CC[C@H](O)CN1CCc2ccccc2C1)c1cc(NC2CNC2)ncn1. The molecule has 6 aliphatic rings. The highest BCUT2D eigenvalue weighted by Gasteiger charge is 2.47. The minimum absolute atomic E-state index is 0.00449. The molecule has 135 heavy (non-hydrogen) atoms. The fraction of sp³-hybridized carbons (Fsp3) is 0.520. The van der Waals surface area contributed by atoms with E-state index in [0.29, 0.717) is 107 Å². The molecule has 0 aliphatic carbocycles. The van der Waals surface area contributed by atoms with Gasteiger partial charge in [0.25, 0.3) is 0 Å². The number of aliphatic hydroxyl groups excluding tert-OH is 4. The van der Waals surface area contributed by atoms with Crippen LogP contribution in [0.15, 0.2) is 133 Å². The van der Waals surface area contributed by atoms with E-state index in [-0.39, 0.29) is 124 Å². The number of aliphatic carboxylic acids is 1. The summed E-state index contributed by atoms with van der Waals surface area (Å²) < 4.78 is 0. The molecular weight excluding hydrogens is 1760 g/mol. The van der Waals surface area contributed by atoms with Crippen molar-refractivity contribution in [2.75, 3.05) is 76.1 Å². The molecule has 724 valence electrons. The Hall–Kier alpha value is -11.3. The van der Waals surface area contributed by atoms with Gasteiger partial charge in [-0.05, 0) is 121 Å². The number of Topliss-reactive ketones (excluding diaryl/α,β-unsaturated/α-hetero) is 2. The quantitative estimate of drug-likeness (QED) is 0.0126. The van der Waals surface area contributed by atoms with Gasteiger partial charge in [-0.15, -0.1) is 22.7 Å². The summed E-state index contributed by atoms with van der Waals surface area (Å²) in [7, 11) is 0. The Balaban J connectivity index is 0.000000203. The molecule has 6 aliphatic heterocycles. The number of anilines is 2. The molecule has 4 aromatic heterocycles. The third kappa shape index (κ3) is 30.4. The van der Waals surface area contributed by atoms with E-state index in [1.165, 1.54) is 44.7 Å². The van der Waals surface area contributed by atoms with Crippen LogP contribution in [-0.2, 0) is 77.4 Å². The molecule has 0 bridgehead atoms. The lowest BCUT2D eigenvalue weighted by molar-refractivity contribution is -0.144. The lowest BCUT2D eigenvalue weighted by Crippen LogP contribution is -2.57. The van der Waals surface area contributed by atoms with Crippen LogP contribution in [0.5, 0.6) is 0 Å². The molecule has 12 N–H and O–H groups in total. The molecule has 10 heterocycles. The van der Waals surface area contributed by atoms with E-state index in [9.17, 15) is 68.4 Å². The van der Waals surface area contributed by atoms with Crippen LogP contribution in [0.2, 0.25) is 0 Å². The number of rotatable bonds is 40. The molecule has 0 unspecified atom stereocenters. The summed E-state index contributed by atoms with van der Waals surface area (Å²) in [6.45, 7) is 22.9. The molecule has 4 fully saturated rings. The molecule has 14 rings (SSSR count). The summed E-state index contributed by atoms with van der Waals surface area (Å²) in [6.07, 6.45) is 7.51. The Morgan fingerprint density at radius 3 is 1.29 bits per heavy atom. The summed E-state index contributed by atoms with van der Waals surface area (Å²) in [5, 5.41) is 72.1. The van der Waals surface area contributed by atoms with Gasteiger partial charge in [-0.1, -0.05) is 151 Å². The Kier molecular flexibility index (Phi) is 37.2. The average molecular weight is 1890 g/mol. The monoisotopic (exact) mass is 1890 g/mol. The van der Waals surface area contributed by atoms with Crippen LogP contribution in [0, 0.1) is 24.7 Å². The lowest BCUT2D eigenvalue weighted by Gasteiger charge is -2.40. The maximum atomic E-state index is 14.0. The first kappa shape index (κ1) is 103. The molecule has 33 nitrogen and oxygen atoms in total. The van der Waals surface area contributed by atoms with Gasteiger partial charge in [0.05, 0.1) is 68.7 Å². The molecule has 4 saturated heterocycles. The summed E-state index contributed by atoms with van der Waals surface area (Å²) in [6, 6.07) is 32.7. The summed E-state index contributed by atoms with van der Waals surface area (Å²) in [5.41, 5.74) is 14.2. The zero-order chi connectivity index (χ0) is 96.5. The van der Waals surface area contributed by atoms with E-state index in [0.717, 1.165) is 95.5 Å². The highest BCUT2D eigenvalue weighted by atomic mass is 32.1. The smallest absolute Gasteiger partial charge is 0.303 e. The van der Waals surface area contributed by atoms with Gasteiger partial charge in [0, 0.05) is 155 Å². The van der Waals surface area contributed by atoms with Crippen LogP contribution in [0.4, 0.5) is 11.6 Å². The molecule has 0 spiro atoms. The number of β-amino-alcohol motifs (C(OH)–C–C–N with tert-alkyl or cyclic N) is 4. The average Bonchev–Trinajstić information content (AvgIpc) is 1.68. The van der Waals surface area contributed by atoms with Crippen molar-refractivity contribution >= 4 is 93.2 Å². The fourth-order valence-electron chi connectivity index (χ4n) is 17.5. The number of carbonyl (C=O) groups is 10. The number of aliphatic hydroxyl groups is 4. The zero-order valence-electron chi connectivity index (χ0n) is 78.7. The molecule has 0 radical (unpaired) electrons. The molecule has 8 aromatic rings. The van der Waals surface area contributed by atoms with Gasteiger partial charge in [-0.2, -0.15) is 0 Å². The number of amides is 7. The number of hydrogen-bond acceptors (Lipinski definition) is 27. The van der Waals surface area contributed by atoms with Crippen LogP contribution >= 0.6 is 22.7 Å². The van der Waals surface area contributed by atoms with Crippen LogP contribution in [0.1, 0.15) is 210 Å². The largest absolute Gasteiger partial charge is 0.481 e. The van der Waals surface area contributed by atoms with Crippen LogP contribution in [0.3, 0.4) is 0 Å². The van der Waals surface area contributed by atoms with E-state index < -0.39 is 77.2 Å². The Morgan fingerprint density at radius 1 is 0.489 bits per heavy atom. The first-order valence-corrected chi connectivity index (χ1v) is 48.9. The summed E-state index contributed by atoms with van der Waals surface area (Å²) in [5.74, 6) is -2.00. The van der Waals surface area contributed by atoms with Gasteiger partial charge < -0.3 is 77.4 Å². The topological polar surface area (TPSA) is 450 Å². The molecular formula is C100H132N18O15S2. The highest BCUT2D eigenvalue weighted by molar-refractivity contribution is 7.13. The number of fused-ring (bicyclic) bond motifs is 2. The minimum Gasteiger partial charge on any atom is -0.481 e. The summed E-state index contributed by atoms with van der Waals surface area (Å²) >= 11 is 3.14. The van der Waals surface area contributed by atoms with Gasteiger partial charge in [0.15, 0.2) is 11.6 Å². The van der Waals surface area contributed by atoms with Gasteiger partial charge in [0.1, 0.15) is 59.8 Å². The normalized spacial score (nSPS) is 18.2. The lowest BCUT2D eigenvalue weighted by atomic mass is 9.85. The molecule has 4 aromatic carbocycles. The maximum absolute atomic E-state index is 14.0. The van der Waals surface area contributed by atoms with Crippen molar-refractivity contribution < 1.29 is 73.5 Å². The number of aryl methyl sites for hydroxylation is 2. The second kappa shape index (κ2) is 49.0. The zero-order valence-corrected chi connectivity index (χ0v) is 80.3. The third-order valence-corrected chi connectivity index (χ3v) is 27.4. The predicted molar refractivity (Wildman–Crippen MR) is 515 cm³/mol. The number of nitrogens with one attached hydrogen (secondary N) is 7. The number of carbonyl (C=O) groups excluding carboxylic acids is 9. The van der Waals surface area contributed by atoms with Gasteiger partial charge in [-0.25, -0.2) is 29.9 Å².